The lowest BCUT2D eigenvalue weighted by Crippen LogP contribution is -2.40. The highest BCUT2D eigenvalue weighted by Gasteiger charge is 2.38. The van der Waals surface area contributed by atoms with Crippen molar-refractivity contribution in [3.63, 3.8) is 0 Å². The van der Waals surface area contributed by atoms with Gasteiger partial charge in [-0.1, -0.05) is 12.1 Å². The Kier molecular flexibility index (Phi) is 5.10. The lowest BCUT2D eigenvalue weighted by atomic mass is 9.85. The van der Waals surface area contributed by atoms with Crippen LogP contribution in [-0.2, 0) is 17.8 Å². The number of anilines is 2. The first-order valence-corrected chi connectivity index (χ1v) is 11.8. The third-order valence-corrected chi connectivity index (χ3v) is 7.11. The van der Waals surface area contributed by atoms with Gasteiger partial charge in [0.2, 0.25) is 5.91 Å². The molecule has 8 heteroatoms. The van der Waals surface area contributed by atoms with E-state index < -0.39 is 0 Å². The van der Waals surface area contributed by atoms with Crippen LogP contribution in [0.4, 0.5) is 11.4 Å². The van der Waals surface area contributed by atoms with Crippen molar-refractivity contribution in [2.45, 2.75) is 38.2 Å². The van der Waals surface area contributed by atoms with Crippen molar-refractivity contribution < 1.29 is 19.4 Å². The van der Waals surface area contributed by atoms with Crippen molar-refractivity contribution in [3.05, 3.63) is 70.5 Å². The van der Waals surface area contributed by atoms with E-state index in [1.54, 1.807) is 4.90 Å². The first kappa shape index (κ1) is 20.9. The first-order chi connectivity index (χ1) is 16.6. The minimum atomic E-state index is -0.210. The van der Waals surface area contributed by atoms with Crippen LogP contribution >= 0.6 is 0 Å². The number of hydrogen-bond donors (Lipinski definition) is 2. The molecule has 1 saturated heterocycles. The molecular formula is C26H26N4O4. The van der Waals surface area contributed by atoms with Gasteiger partial charge in [0.15, 0.2) is 5.69 Å². The predicted molar refractivity (Wildman–Crippen MR) is 126 cm³/mol. The summed E-state index contributed by atoms with van der Waals surface area (Å²) in [5.74, 6) is 0.716. The minimum absolute atomic E-state index is 0.136. The van der Waals surface area contributed by atoms with Gasteiger partial charge in [-0.3, -0.25) is 14.7 Å². The summed E-state index contributed by atoms with van der Waals surface area (Å²) in [7, 11) is 0. The van der Waals surface area contributed by atoms with Crippen molar-refractivity contribution >= 4 is 23.2 Å². The number of aliphatic hydroxyl groups excluding tert-OH is 1. The van der Waals surface area contributed by atoms with Crippen molar-refractivity contribution in [2.75, 3.05) is 29.5 Å². The molecule has 0 spiro atoms. The molecule has 1 fully saturated rings. The number of benzene rings is 2. The molecule has 4 heterocycles. The average Bonchev–Trinajstić information content (AvgIpc) is 3.52. The fraction of sp³-hybridized carbons (Fsp3) is 0.346. The Morgan fingerprint density at radius 3 is 2.59 bits per heavy atom. The molecule has 3 aliphatic heterocycles. The molecule has 2 N–H and O–H groups in total. The van der Waals surface area contributed by atoms with E-state index in [0.29, 0.717) is 31.0 Å². The summed E-state index contributed by atoms with van der Waals surface area (Å²) in [6.07, 6.45) is 3.38. The highest BCUT2D eigenvalue weighted by molar-refractivity contribution is 6.07. The number of fused-ring (bicyclic) bond motifs is 2. The summed E-state index contributed by atoms with van der Waals surface area (Å²) in [6.45, 7) is 1.63. The van der Waals surface area contributed by atoms with E-state index in [1.807, 2.05) is 41.3 Å². The van der Waals surface area contributed by atoms with Gasteiger partial charge >= 0.3 is 0 Å². The van der Waals surface area contributed by atoms with Crippen LogP contribution in [0.3, 0.4) is 0 Å². The van der Waals surface area contributed by atoms with Crippen LogP contribution in [0.15, 0.2) is 42.5 Å². The Morgan fingerprint density at radius 2 is 1.82 bits per heavy atom. The highest BCUT2D eigenvalue weighted by Crippen LogP contribution is 2.39. The molecule has 6 rings (SSSR count). The van der Waals surface area contributed by atoms with Gasteiger partial charge in [-0.2, -0.15) is 5.10 Å². The molecule has 2 aromatic carbocycles. The summed E-state index contributed by atoms with van der Waals surface area (Å²) >= 11 is 0. The summed E-state index contributed by atoms with van der Waals surface area (Å²) in [4.78, 5) is 29.3. The summed E-state index contributed by atoms with van der Waals surface area (Å²) < 4.78 is 5.67. The zero-order chi connectivity index (χ0) is 23.2. The van der Waals surface area contributed by atoms with Gasteiger partial charge in [-0.15, -0.1) is 0 Å². The smallest absolute Gasteiger partial charge is 0.279 e. The third-order valence-electron chi connectivity index (χ3n) is 7.11. The van der Waals surface area contributed by atoms with Gasteiger partial charge in [0.05, 0.1) is 18.9 Å². The van der Waals surface area contributed by atoms with E-state index in [1.165, 1.54) is 0 Å². The zero-order valence-electron chi connectivity index (χ0n) is 18.8. The molecule has 3 aliphatic rings. The molecule has 174 valence electrons. The number of hydrogen-bond acceptors (Lipinski definition) is 5. The van der Waals surface area contributed by atoms with E-state index >= 15 is 0 Å². The number of aromatic nitrogens is 2. The first-order valence-electron chi connectivity index (χ1n) is 11.8. The number of nitrogens with zero attached hydrogens (tertiary/aromatic N) is 3. The second kappa shape index (κ2) is 8.29. The largest absolute Gasteiger partial charge is 0.493 e. The highest BCUT2D eigenvalue weighted by atomic mass is 16.5. The number of nitrogens with one attached hydrogen (secondary N) is 1. The lowest BCUT2D eigenvalue weighted by Gasteiger charge is -2.33. The maximum absolute atomic E-state index is 13.4. The van der Waals surface area contributed by atoms with Crippen molar-refractivity contribution in [3.8, 4) is 5.75 Å². The maximum atomic E-state index is 13.4. The third kappa shape index (κ3) is 3.37. The minimum Gasteiger partial charge on any atom is -0.493 e. The van der Waals surface area contributed by atoms with E-state index in [4.69, 9.17) is 4.74 Å². The second-order valence-electron chi connectivity index (χ2n) is 9.08. The summed E-state index contributed by atoms with van der Waals surface area (Å²) in [6, 6.07) is 13.8. The molecule has 0 radical (unpaired) electrons. The second-order valence-corrected chi connectivity index (χ2v) is 9.08. The normalized spacial score (nSPS) is 19.7. The number of aromatic amines is 1. The zero-order valence-corrected chi connectivity index (χ0v) is 18.8. The SMILES string of the molecule is O=C1CCCCN1c1ccc(N2CC(c3ccc4c(c3)CCO4)c3c(n[nH]c3CO)C2=O)cc1. The van der Waals surface area contributed by atoms with E-state index in [2.05, 4.69) is 16.3 Å². The summed E-state index contributed by atoms with van der Waals surface area (Å²) in [5.41, 5.74) is 5.51. The van der Waals surface area contributed by atoms with Gasteiger partial charge in [0.1, 0.15) is 5.75 Å². The van der Waals surface area contributed by atoms with Crippen LogP contribution in [-0.4, -0.2) is 46.8 Å². The molecule has 0 saturated carbocycles. The molecule has 0 bridgehead atoms. The molecule has 3 aromatic rings. The van der Waals surface area contributed by atoms with E-state index in [9.17, 15) is 14.7 Å². The van der Waals surface area contributed by atoms with Gasteiger partial charge in [0.25, 0.3) is 5.91 Å². The average molecular weight is 459 g/mol. The van der Waals surface area contributed by atoms with Crippen LogP contribution in [0, 0.1) is 0 Å². The molecule has 34 heavy (non-hydrogen) atoms. The standard InChI is InChI=1S/C26H26N4O4/c31-15-21-24-20(16-4-9-22-17(13-16)10-12-34-22)14-30(26(33)25(24)28-27-21)19-7-5-18(6-8-19)29-11-2-1-3-23(29)32/h4-9,13,20,31H,1-3,10-12,14-15H2,(H,27,28). The Morgan fingerprint density at radius 1 is 1.03 bits per heavy atom. The quantitative estimate of drug-likeness (QED) is 0.626. The Hall–Kier alpha value is -3.65. The number of H-pyrrole nitrogens is 1. The fourth-order valence-corrected chi connectivity index (χ4v) is 5.34. The Labute approximate surface area is 197 Å². The molecule has 1 aromatic heterocycles. The van der Waals surface area contributed by atoms with E-state index in [0.717, 1.165) is 59.6 Å². The number of carbonyl (C=O) groups is 2. The maximum Gasteiger partial charge on any atom is 0.279 e. The Balaban J connectivity index is 1.36. The van der Waals surface area contributed by atoms with E-state index in [-0.39, 0.29) is 24.3 Å². The number of aliphatic hydroxyl groups is 1. The van der Waals surface area contributed by atoms with Gasteiger partial charge in [0, 0.05) is 48.8 Å². The number of amides is 2. The Bertz CT molecular complexity index is 1270. The molecule has 2 amide bonds. The van der Waals surface area contributed by atoms with Crippen LogP contribution < -0.4 is 14.5 Å². The van der Waals surface area contributed by atoms with Crippen molar-refractivity contribution in [1.29, 1.82) is 0 Å². The van der Waals surface area contributed by atoms with Crippen LogP contribution in [0.1, 0.15) is 58.1 Å². The molecule has 1 atom stereocenters. The van der Waals surface area contributed by atoms with Crippen LogP contribution in [0.2, 0.25) is 0 Å². The number of ether oxygens (including phenoxy) is 1. The van der Waals surface area contributed by atoms with Crippen LogP contribution in [0.5, 0.6) is 5.75 Å². The monoisotopic (exact) mass is 458 g/mol. The predicted octanol–water partition coefficient (Wildman–Crippen LogP) is 3.15. The van der Waals surface area contributed by atoms with Gasteiger partial charge in [-0.25, -0.2) is 0 Å². The molecule has 1 unspecified atom stereocenters. The van der Waals surface area contributed by atoms with Gasteiger partial charge in [-0.05, 0) is 54.3 Å². The topological polar surface area (TPSA) is 98.8 Å². The summed E-state index contributed by atoms with van der Waals surface area (Å²) in [5, 5.41) is 17.0. The fourth-order valence-electron chi connectivity index (χ4n) is 5.34. The van der Waals surface area contributed by atoms with Gasteiger partial charge < -0.3 is 19.6 Å². The number of piperidine rings is 1. The lowest BCUT2D eigenvalue weighted by molar-refractivity contribution is -0.119. The number of carbonyl (C=O) groups excluding carboxylic acids is 2. The van der Waals surface area contributed by atoms with Crippen molar-refractivity contribution in [1.82, 2.24) is 10.2 Å². The van der Waals surface area contributed by atoms with Crippen molar-refractivity contribution in [2.24, 2.45) is 0 Å². The van der Waals surface area contributed by atoms with Crippen LogP contribution in [0.25, 0.3) is 0 Å². The molecule has 8 nitrogen and oxygen atoms in total. The number of rotatable bonds is 4. The molecule has 0 aliphatic carbocycles. The molecular weight excluding hydrogens is 432 g/mol.